The van der Waals surface area contributed by atoms with Gasteiger partial charge in [0.25, 0.3) is 0 Å². The predicted molar refractivity (Wildman–Crippen MR) is 150 cm³/mol. The maximum atomic E-state index is 14.0. The number of phenolic OH excluding ortho intramolecular Hbond substituents is 1. The fourth-order valence-corrected chi connectivity index (χ4v) is 4.03. The molecule has 0 saturated carbocycles. The van der Waals surface area contributed by atoms with Gasteiger partial charge in [-0.15, -0.1) is 0 Å². The number of esters is 1. The van der Waals surface area contributed by atoms with Crippen molar-refractivity contribution in [3.05, 3.63) is 29.3 Å². The lowest BCUT2D eigenvalue weighted by Gasteiger charge is -2.38. The zero-order valence-electron chi connectivity index (χ0n) is 25.1. The third-order valence-electron chi connectivity index (χ3n) is 6.06. The zero-order chi connectivity index (χ0) is 30.6. The molecule has 4 N–H and O–H groups in total. The van der Waals surface area contributed by atoms with E-state index in [2.05, 4.69) is 10.6 Å². The van der Waals surface area contributed by atoms with E-state index in [1.165, 1.54) is 11.0 Å². The number of carbonyl (C=O) groups excluding carboxylic acids is 4. The quantitative estimate of drug-likeness (QED) is 0.250. The van der Waals surface area contributed by atoms with Crippen molar-refractivity contribution < 1.29 is 38.9 Å². The van der Waals surface area contributed by atoms with E-state index in [-0.39, 0.29) is 25.3 Å². The first-order valence-corrected chi connectivity index (χ1v) is 13.8. The molecule has 0 aromatic heterocycles. The minimum Gasteiger partial charge on any atom is -0.508 e. The van der Waals surface area contributed by atoms with Crippen LogP contribution in [0.15, 0.2) is 18.2 Å². The van der Waals surface area contributed by atoms with Crippen molar-refractivity contribution >= 4 is 23.9 Å². The molecule has 1 aromatic rings. The number of aryl methyl sites for hydroxylation is 1. The highest BCUT2D eigenvalue weighted by molar-refractivity contribution is 5.92. The summed E-state index contributed by atoms with van der Waals surface area (Å²) in [7, 11) is 0. The summed E-state index contributed by atoms with van der Waals surface area (Å²) < 4.78 is 10.2. The largest absolute Gasteiger partial charge is 0.508 e. The van der Waals surface area contributed by atoms with Gasteiger partial charge >= 0.3 is 12.1 Å². The molecule has 1 aromatic carbocycles. The van der Waals surface area contributed by atoms with Crippen LogP contribution in [0.4, 0.5) is 4.79 Å². The average molecular weight is 566 g/mol. The number of aliphatic hydroxyl groups excluding tert-OH is 1. The third-order valence-corrected chi connectivity index (χ3v) is 6.06. The van der Waals surface area contributed by atoms with Gasteiger partial charge in [0.1, 0.15) is 23.4 Å². The molecule has 3 unspecified atom stereocenters. The molecule has 1 rings (SSSR count). The van der Waals surface area contributed by atoms with Gasteiger partial charge in [0.05, 0.1) is 19.6 Å². The minimum atomic E-state index is -1.38. The molecule has 226 valence electrons. The molecule has 11 nitrogen and oxygen atoms in total. The molecule has 0 aliphatic heterocycles. The minimum absolute atomic E-state index is 0.0206. The predicted octanol–water partition coefficient (Wildman–Crippen LogP) is 3.35. The van der Waals surface area contributed by atoms with Crippen LogP contribution in [0, 0.1) is 12.8 Å². The number of hydrogen-bond acceptors (Lipinski definition) is 8. The van der Waals surface area contributed by atoms with E-state index < -0.39 is 54.2 Å². The molecule has 0 radical (unpaired) electrons. The zero-order valence-corrected chi connectivity index (χ0v) is 25.1. The standard InChI is InChI=1S/C29H47N3O8/c1-9-39-24(35)14-15-30-26(36)25(21-12-13-23(34)19(4)16-21)32(20(5)11-10-18(2)3)27(37)22(17-33)31-28(38)40-29(6,7)8/h12-13,16,18,20,22,25,33-34H,9-11,14-15,17H2,1-8H3,(H,30,36)(H,31,38). The van der Waals surface area contributed by atoms with Crippen molar-refractivity contribution in [1.82, 2.24) is 15.5 Å². The average Bonchev–Trinajstić information content (AvgIpc) is 2.84. The smallest absolute Gasteiger partial charge is 0.408 e. The topological polar surface area (TPSA) is 154 Å². The normalized spacial score (nSPS) is 13.7. The van der Waals surface area contributed by atoms with Crippen LogP contribution in [0.2, 0.25) is 0 Å². The van der Waals surface area contributed by atoms with E-state index >= 15 is 0 Å². The lowest BCUT2D eigenvalue weighted by Crippen LogP contribution is -2.56. The molecule has 40 heavy (non-hydrogen) atoms. The van der Waals surface area contributed by atoms with Gasteiger partial charge in [0.2, 0.25) is 11.8 Å². The Morgan fingerprint density at radius 3 is 2.25 bits per heavy atom. The number of ether oxygens (including phenoxy) is 2. The van der Waals surface area contributed by atoms with E-state index in [0.717, 1.165) is 6.42 Å². The number of aromatic hydroxyl groups is 1. The highest BCUT2D eigenvalue weighted by Gasteiger charge is 2.39. The Morgan fingerprint density at radius 1 is 1.07 bits per heavy atom. The third kappa shape index (κ3) is 11.4. The number of aliphatic hydroxyl groups is 1. The summed E-state index contributed by atoms with van der Waals surface area (Å²) in [4.78, 5) is 53.4. The van der Waals surface area contributed by atoms with Gasteiger partial charge in [-0.2, -0.15) is 0 Å². The van der Waals surface area contributed by atoms with Crippen molar-refractivity contribution in [2.75, 3.05) is 19.8 Å². The maximum Gasteiger partial charge on any atom is 0.408 e. The Hall–Kier alpha value is -3.34. The fraction of sp³-hybridized carbons (Fsp3) is 0.655. The first-order valence-electron chi connectivity index (χ1n) is 13.8. The van der Waals surface area contributed by atoms with E-state index in [9.17, 15) is 29.4 Å². The number of benzene rings is 1. The van der Waals surface area contributed by atoms with Crippen LogP contribution in [-0.4, -0.2) is 76.4 Å². The molecule has 0 spiro atoms. The number of nitrogens with zero attached hydrogens (tertiary/aromatic N) is 1. The van der Waals surface area contributed by atoms with Gasteiger partial charge in [-0.25, -0.2) is 4.79 Å². The van der Waals surface area contributed by atoms with Crippen molar-refractivity contribution in [1.29, 1.82) is 0 Å². The molecule has 0 aliphatic rings. The van der Waals surface area contributed by atoms with Gasteiger partial charge in [-0.3, -0.25) is 14.4 Å². The number of phenols is 1. The number of carbonyl (C=O) groups is 4. The Morgan fingerprint density at radius 2 is 1.73 bits per heavy atom. The summed E-state index contributed by atoms with van der Waals surface area (Å²) in [5.74, 6) is -1.37. The summed E-state index contributed by atoms with van der Waals surface area (Å²) >= 11 is 0. The monoisotopic (exact) mass is 565 g/mol. The second-order valence-corrected chi connectivity index (χ2v) is 11.2. The molecule has 11 heteroatoms. The van der Waals surface area contributed by atoms with Crippen LogP contribution >= 0.6 is 0 Å². The number of nitrogens with one attached hydrogen (secondary N) is 2. The van der Waals surface area contributed by atoms with Gasteiger partial charge in [0.15, 0.2) is 0 Å². The number of alkyl carbamates (subject to hydrolysis) is 1. The van der Waals surface area contributed by atoms with Crippen molar-refractivity contribution in [3.63, 3.8) is 0 Å². The van der Waals surface area contributed by atoms with E-state index in [4.69, 9.17) is 9.47 Å². The van der Waals surface area contributed by atoms with Gasteiger partial charge in [-0.1, -0.05) is 19.9 Å². The van der Waals surface area contributed by atoms with Crippen molar-refractivity contribution in [3.8, 4) is 5.75 Å². The Labute approximate surface area is 237 Å². The van der Waals surface area contributed by atoms with Gasteiger partial charge in [0, 0.05) is 12.6 Å². The molecule has 3 amide bonds. The molecule has 0 aliphatic carbocycles. The van der Waals surface area contributed by atoms with Gasteiger partial charge in [-0.05, 0) is 83.6 Å². The maximum absolute atomic E-state index is 14.0. The van der Waals surface area contributed by atoms with E-state index in [1.807, 2.05) is 13.8 Å². The summed E-state index contributed by atoms with van der Waals surface area (Å²) in [6, 6.07) is 1.53. The number of rotatable bonds is 14. The lowest BCUT2D eigenvalue weighted by atomic mass is 9.96. The molecule has 0 fully saturated rings. The second-order valence-electron chi connectivity index (χ2n) is 11.2. The Kier molecular flexibility index (Phi) is 13.9. The number of amides is 3. The lowest BCUT2D eigenvalue weighted by molar-refractivity contribution is -0.146. The van der Waals surface area contributed by atoms with Crippen LogP contribution in [0.3, 0.4) is 0 Å². The summed E-state index contributed by atoms with van der Waals surface area (Å²) in [6.07, 6.45) is 0.347. The van der Waals surface area contributed by atoms with Crippen LogP contribution < -0.4 is 10.6 Å². The molecule has 0 heterocycles. The SMILES string of the molecule is CCOC(=O)CCNC(=O)C(c1ccc(O)c(C)c1)N(C(=O)C(CO)NC(=O)OC(C)(C)C)C(C)CCC(C)C. The molecular weight excluding hydrogens is 518 g/mol. The summed E-state index contributed by atoms with van der Waals surface area (Å²) in [6.45, 7) is 13.7. The van der Waals surface area contributed by atoms with Gasteiger partial charge < -0.3 is 35.2 Å². The fourth-order valence-electron chi connectivity index (χ4n) is 4.03. The second kappa shape index (κ2) is 16.1. The molecule has 0 bridgehead atoms. The van der Waals surface area contributed by atoms with E-state index in [1.54, 1.807) is 53.7 Å². The molecule has 3 atom stereocenters. The van der Waals surface area contributed by atoms with Crippen molar-refractivity contribution in [2.24, 2.45) is 5.92 Å². The summed E-state index contributed by atoms with van der Waals surface area (Å²) in [5, 5.41) is 25.4. The Bertz CT molecular complexity index is 1010. The molecular formula is C29H47N3O8. The van der Waals surface area contributed by atoms with Crippen LogP contribution in [0.25, 0.3) is 0 Å². The highest BCUT2D eigenvalue weighted by atomic mass is 16.6. The van der Waals surface area contributed by atoms with Crippen molar-refractivity contribution in [2.45, 2.75) is 98.4 Å². The first-order chi connectivity index (χ1) is 18.6. The first kappa shape index (κ1) is 34.7. The van der Waals surface area contributed by atoms with Crippen LogP contribution in [0.5, 0.6) is 5.75 Å². The van der Waals surface area contributed by atoms with Crippen LogP contribution in [0.1, 0.15) is 84.9 Å². The summed E-state index contributed by atoms with van der Waals surface area (Å²) in [5.41, 5.74) is 0.0831. The highest BCUT2D eigenvalue weighted by Crippen LogP contribution is 2.30. The Balaban J connectivity index is 3.52. The van der Waals surface area contributed by atoms with Crippen LogP contribution in [-0.2, 0) is 23.9 Å². The molecule has 0 saturated heterocycles. The number of hydrogen-bond donors (Lipinski definition) is 4. The van der Waals surface area contributed by atoms with E-state index in [0.29, 0.717) is 23.5 Å².